The van der Waals surface area contributed by atoms with Crippen molar-refractivity contribution in [1.29, 1.82) is 0 Å². The Bertz CT molecular complexity index is 839. The Hall–Kier alpha value is -2.93. The minimum atomic E-state index is -0.291. The molecule has 1 aliphatic rings. The Balaban J connectivity index is 1.57. The topological polar surface area (TPSA) is 61.9 Å². The molecule has 2 aromatic carbocycles. The van der Waals surface area contributed by atoms with Gasteiger partial charge in [-0.1, -0.05) is 24.3 Å². The van der Waals surface area contributed by atoms with Crippen molar-refractivity contribution < 1.29 is 18.7 Å². The smallest absolute Gasteiger partial charge is 0.265 e. The number of rotatable bonds is 7. The van der Waals surface area contributed by atoms with Crippen LogP contribution in [0, 0.1) is 5.82 Å². The second kappa shape index (κ2) is 8.84. The third-order valence-electron chi connectivity index (χ3n) is 4.74. The molecule has 0 spiro atoms. The van der Waals surface area contributed by atoms with Crippen molar-refractivity contribution in [3.63, 3.8) is 0 Å². The predicted octanol–water partition coefficient (Wildman–Crippen LogP) is 2.36. The fraction of sp³-hybridized carbons (Fsp3) is 0.333. The van der Waals surface area contributed by atoms with Gasteiger partial charge in [-0.15, -0.1) is 0 Å². The lowest BCUT2D eigenvalue weighted by molar-refractivity contribution is -0.122. The van der Waals surface area contributed by atoms with Crippen LogP contribution in [-0.4, -0.2) is 50.5 Å². The van der Waals surface area contributed by atoms with Crippen molar-refractivity contribution in [2.75, 3.05) is 38.7 Å². The lowest BCUT2D eigenvalue weighted by Gasteiger charge is -2.29. The molecule has 3 rings (SSSR count). The van der Waals surface area contributed by atoms with Crippen molar-refractivity contribution in [3.05, 3.63) is 59.9 Å². The van der Waals surface area contributed by atoms with Crippen LogP contribution >= 0.6 is 0 Å². The van der Waals surface area contributed by atoms with Gasteiger partial charge < -0.3 is 19.9 Å². The molecule has 1 atom stereocenters. The Morgan fingerprint density at radius 1 is 1.21 bits per heavy atom. The lowest BCUT2D eigenvalue weighted by Crippen LogP contribution is -2.41. The fourth-order valence-corrected chi connectivity index (χ4v) is 3.19. The maximum absolute atomic E-state index is 13.2. The van der Waals surface area contributed by atoms with Gasteiger partial charge in [0, 0.05) is 19.5 Å². The summed E-state index contributed by atoms with van der Waals surface area (Å²) in [4.78, 5) is 28.1. The van der Waals surface area contributed by atoms with Crippen LogP contribution in [0.3, 0.4) is 0 Å². The number of ether oxygens (including phenoxy) is 1. The summed E-state index contributed by atoms with van der Waals surface area (Å²) in [5.41, 5.74) is 1.60. The number of likely N-dealkylation sites (N-methyl/N-ethyl adjacent to an activating group) is 1. The molecule has 6 nitrogen and oxygen atoms in total. The Labute approximate surface area is 163 Å². The summed E-state index contributed by atoms with van der Waals surface area (Å²) in [6, 6.07) is 13.5. The molecule has 1 N–H and O–H groups in total. The standard InChI is InChI=1S/C21H24FN3O3/c1-24(2)18(15-7-9-16(22)10-8-15)13-23-20(26)11-12-25-17-5-3-4-6-19(17)28-14-21(25)27/h3-10,18H,11-14H2,1-2H3,(H,23,26). The molecule has 0 bridgehead atoms. The average Bonchev–Trinajstić information content (AvgIpc) is 2.68. The van der Waals surface area contributed by atoms with Crippen LogP contribution < -0.4 is 15.0 Å². The SMILES string of the molecule is CN(C)C(CNC(=O)CCN1C(=O)COc2ccccc21)c1ccc(F)cc1. The molecule has 0 fully saturated rings. The maximum Gasteiger partial charge on any atom is 0.265 e. The summed E-state index contributed by atoms with van der Waals surface area (Å²) in [5, 5.41) is 2.91. The first-order chi connectivity index (χ1) is 13.5. The molecule has 1 unspecified atom stereocenters. The van der Waals surface area contributed by atoms with E-state index < -0.39 is 0 Å². The van der Waals surface area contributed by atoms with Crippen molar-refractivity contribution in [2.24, 2.45) is 0 Å². The number of nitrogens with one attached hydrogen (secondary N) is 1. The summed E-state index contributed by atoms with van der Waals surface area (Å²) in [6.07, 6.45) is 0.184. The second-order valence-electron chi connectivity index (χ2n) is 6.89. The van der Waals surface area contributed by atoms with Gasteiger partial charge in [0.15, 0.2) is 6.61 Å². The Morgan fingerprint density at radius 2 is 1.93 bits per heavy atom. The van der Waals surface area contributed by atoms with Gasteiger partial charge in [-0.3, -0.25) is 9.59 Å². The van der Waals surface area contributed by atoms with Crippen molar-refractivity contribution in [2.45, 2.75) is 12.5 Å². The highest BCUT2D eigenvalue weighted by molar-refractivity contribution is 5.98. The first kappa shape index (κ1) is 19.8. The number of fused-ring (bicyclic) bond motifs is 1. The van der Waals surface area contributed by atoms with E-state index in [1.54, 1.807) is 29.2 Å². The molecule has 0 saturated carbocycles. The third kappa shape index (κ3) is 4.67. The van der Waals surface area contributed by atoms with Crippen molar-refractivity contribution >= 4 is 17.5 Å². The van der Waals surface area contributed by atoms with Crippen LogP contribution in [0.5, 0.6) is 5.75 Å². The third-order valence-corrected chi connectivity index (χ3v) is 4.74. The number of carbonyl (C=O) groups excluding carboxylic acids is 2. The number of hydrogen-bond acceptors (Lipinski definition) is 4. The van der Waals surface area contributed by atoms with E-state index in [1.165, 1.54) is 12.1 Å². The minimum Gasteiger partial charge on any atom is -0.482 e. The normalized spacial score (nSPS) is 14.4. The molecule has 1 aliphatic heterocycles. The summed E-state index contributed by atoms with van der Waals surface area (Å²) < 4.78 is 18.6. The quantitative estimate of drug-likeness (QED) is 0.795. The van der Waals surface area contributed by atoms with Gasteiger partial charge >= 0.3 is 0 Å². The monoisotopic (exact) mass is 385 g/mol. The highest BCUT2D eigenvalue weighted by atomic mass is 19.1. The number of amides is 2. The summed E-state index contributed by atoms with van der Waals surface area (Å²) in [5.74, 6) is 0.0435. The average molecular weight is 385 g/mol. The lowest BCUT2D eigenvalue weighted by atomic mass is 10.1. The number of anilines is 1. The van der Waals surface area contributed by atoms with E-state index >= 15 is 0 Å². The molecule has 0 saturated heterocycles. The number of halogens is 1. The van der Waals surface area contributed by atoms with Gasteiger partial charge in [0.2, 0.25) is 5.91 Å². The maximum atomic E-state index is 13.2. The number of para-hydroxylation sites is 2. The summed E-state index contributed by atoms with van der Waals surface area (Å²) in [7, 11) is 3.81. The van der Waals surface area contributed by atoms with E-state index in [2.05, 4.69) is 5.32 Å². The van der Waals surface area contributed by atoms with E-state index in [-0.39, 0.29) is 43.2 Å². The zero-order valence-corrected chi connectivity index (χ0v) is 16.0. The molecule has 7 heteroatoms. The molecule has 1 heterocycles. The van der Waals surface area contributed by atoms with Crippen LogP contribution in [0.1, 0.15) is 18.0 Å². The summed E-state index contributed by atoms with van der Waals surface area (Å²) >= 11 is 0. The first-order valence-electron chi connectivity index (χ1n) is 9.16. The van der Waals surface area contributed by atoms with Gasteiger partial charge in [0.1, 0.15) is 11.6 Å². The predicted molar refractivity (Wildman–Crippen MR) is 105 cm³/mol. The van der Waals surface area contributed by atoms with Crippen LogP contribution in [0.15, 0.2) is 48.5 Å². The molecule has 148 valence electrons. The number of nitrogens with zero attached hydrogens (tertiary/aromatic N) is 2. The number of carbonyl (C=O) groups is 2. The molecule has 0 aromatic heterocycles. The first-order valence-corrected chi connectivity index (χ1v) is 9.16. The van der Waals surface area contributed by atoms with E-state index in [0.29, 0.717) is 18.0 Å². The van der Waals surface area contributed by atoms with Gasteiger partial charge in [-0.05, 0) is 43.9 Å². The zero-order valence-electron chi connectivity index (χ0n) is 16.0. The van der Waals surface area contributed by atoms with Crippen molar-refractivity contribution in [3.8, 4) is 5.75 Å². The molecular weight excluding hydrogens is 361 g/mol. The minimum absolute atomic E-state index is 0.0219. The van der Waals surface area contributed by atoms with Gasteiger partial charge in [0.25, 0.3) is 5.91 Å². The molecule has 2 amide bonds. The van der Waals surface area contributed by atoms with E-state index in [4.69, 9.17) is 4.74 Å². The van der Waals surface area contributed by atoms with Crippen LogP contribution in [-0.2, 0) is 9.59 Å². The van der Waals surface area contributed by atoms with Crippen molar-refractivity contribution in [1.82, 2.24) is 10.2 Å². The van der Waals surface area contributed by atoms with E-state index in [9.17, 15) is 14.0 Å². The van der Waals surface area contributed by atoms with Gasteiger partial charge in [-0.2, -0.15) is 0 Å². The fourth-order valence-electron chi connectivity index (χ4n) is 3.19. The van der Waals surface area contributed by atoms with Crippen LogP contribution in [0.2, 0.25) is 0 Å². The molecule has 0 aliphatic carbocycles. The number of benzene rings is 2. The second-order valence-corrected chi connectivity index (χ2v) is 6.89. The Morgan fingerprint density at radius 3 is 2.64 bits per heavy atom. The molecule has 0 radical (unpaired) electrons. The number of hydrogen-bond donors (Lipinski definition) is 1. The highest BCUT2D eigenvalue weighted by Crippen LogP contribution is 2.31. The van der Waals surface area contributed by atoms with Gasteiger partial charge in [0.05, 0.1) is 11.7 Å². The molecular formula is C21H24FN3O3. The van der Waals surface area contributed by atoms with Crippen LogP contribution in [0.4, 0.5) is 10.1 Å². The largest absolute Gasteiger partial charge is 0.482 e. The van der Waals surface area contributed by atoms with Gasteiger partial charge in [-0.25, -0.2) is 4.39 Å². The summed E-state index contributed by atoms with van der Waals surface area (Å²) in [6.45, 7) is 0.658. The highest BCUT2D eigenvalue weighted by Gasteiger charge is 2.25. The molecule has 28 heavy (non-hydrogen) atoms. The van der Waals surface area contributed by atoms with E-state index in [0.717, 1.165) is 5.56 Å². The Kier molecular flexibility index (Phi) is 6.26. The van der Waals surface area contributed by atoms with Crippen LogP contribution in [0.25, 0.3) is 0 Å². The van der Waals surface area contributed by atoms with E-state index in [1.807, 2.05) is 31.1 Å². The zero-order chi connectivity index (χ0) is 20.1. The molecule has 2 aromatic rings.